The van der Waals surface area contributed by atoms with E-state index >= 15 is 4.39 Å². The number of anilines is 1. The summed E-state index contributed by atoms with van der Waals surface area (Å²) in [6, 6.07) is 5.16. The molecule has 1 heterocycles. The van der Waals surface area contributed by atoms with Gasteiger partial charge < -0.3 is 26.0 Å². The van der Waals surface area contributed by atoms with Crippen molar-refractivity contribution in [3.05, 3.63) is 52.6 Å². The van der Waals surface area contributed by atoms with E-state index in [-0.39, 0.29) is 42.1 Å². The van der Waals surface area contributed by atoms with Gasteiger partial charge >= 0.3 is 0 Å². The van der Waals surface area contributed by atoms with Crippen molar-refractivity contribution in [3.63, 3.8) is 0 Å². The molecule has 0 aliphatic carbocycles. The Kier molecular flexibility index (Phi) is 10.0. The van der Waals surface area contributed by atoms with Gasteiger partial charge in [-0.05, 0) is 42.5 Å². The number of carbonyl (C=O) groups is 1. The molecular formula is C25H36F3N5O2. The van der Waals surface area contributed by atoms with Crippen LogP contribution in [0.3, 0.4) is 0 Å². The fourth-order valence-electron chi connectivity index (χ4n) is 4.08. The smallest absolute Gasteiger partial charge is 0.248 e. The van der Waals surface area contributed by atoms with Gasteiger partial charge in [-0.1, -0.05) is 26.8 Å². The maximum absolute atomic E-state index is 15.0. The summed E-state index contributed by atoms with van der Waals surface area (Å²) in [5.41, 5.74) is 7.38. The van der Waals surface area contributed by atoms with Crippen molar-refractivity contribution in [1.29, 1.82) is 0 Å². The van der Waals surface area contributed by atoms with Gasteiger partial charge in [0.05, 0.1) is 12.7 Å². The van der Waals surface area contributed by atoms with Crippen molar-refractivity contribution in [3.8, 4) is 0 Å². The number of amides is 1. The molecule has 194 valence electrons. The molecule has 0 spiro atoms. The number of hydrogen-bond acceptors (Lipinski definition) is 6. The highest BCUT2D eigenvalue weighted by molar-refractivity contribution is 5.97. The van der Waals surface area contributed by atoms with E-state index in [2.05, 4.69) is 15.6 Å². The number of allylic oxidation sites excluding steroid dienone is 2. The Hall–Kier alpha value is -3.17. The molecule has 1 aromatic rings. The number of likely N-dealkylation sites (N-methyl/N-ethyl adjacent to an activating group) is 1. The number of aliphatic imine (C=N–C) groups is 1. The van der Waals surface area contributed by atoms with Crippen LogP contribution in [0.1, 0.15) is 44.7 Å². The highest BCUT2D eigenvalue weighted by Crippen LogP contribution is 2.28. The Balaban J connectivity index is 2.45. The van der Waals surface area contributed by atoms with Crippen molar-refractivity contribution < 1.29 is 22.7 Å². The first kappa shape index (κ1) is 28.1. The molecule has 0 bridgehead atoms. The second-order valence-electron chi connectivity index (χ2n) is 8.76. The molecule has 4 N–H and O–H groups in total. The lowest BCUT2D eigenvalue weighted by molar-refractivity contribution is -0.115. The van der Waals surface area contributed by atoms with E-state index < -0.39 is 24.3 Å². The number of nitrogens with zero attached hydrogens (tertiary/aromatic N) is 2. The molecule has 1 aliphatic rings. The summed E-state index contributed by atoms with van der Waals surface area (Å²) >= 11 is 0. The van der Waals surface area contributed by atoms with Gasteiger partial charge in [-0.3, -0.25) is 9.79 Å². The maximum atomic E-state index is 15.0. The molecule has 2 atom stereocenters. The van der Waals surface area contributed by atoms with Crippen LogP contribution in [0, 0.1) is 5.92 Å². The van der Waals surface area contributed by atoms with E-state index in [4.69, 9.17) is 10.5 Å². The lowest BCUT2D eigenvalue weighted by Crippen LogP contribution is -2.50. The van der Waals surface area contributed by atoms with Crippen molar-refractivity contribution in [2.75, 3.05) is 26.5 Å². The first-order valence-corrected chi connectivity index (χ1v) is 11.6. The second kappa shape index (κ2) is 12.5. The first-order valence-electron chi connectivity index (χ1n) is 11.6. The molecule has 1 aromatic carbocycles. The summed E-state index contributed by atoms with van der Waals surface area (Å²) in [5, 5.41) is 6.47. The number of benzene rings is 1. The van der Waals surface area contributed by atoms with Crippen LogP contribution in [0.2, 0.25) is 0 Å². The van der Waals surface area contributed by atoms with E-state index in [9.17, 15) is 13.6 Å². The molecular weight excluding hydrogens is 459 g/mol. The number of carbonyl (C=O) groups excluding carboxylic acids is 1. The summed E-state index contributed by atoms with van der Waals surface area (Å²) in [7, 11) is 4.66. The van der Waals surface area contributed by atoms with Crippen LogP contribution in [0.4, 0.5) is 18.9 Å². The normalized spacial score (nSPS) is 17.6. The second-order valence-corrected chi connectivity index (χ2v) is 8.76. The van der Waals surface area contributed by atoms with Gasteiger partial charge in [-0.15, -0.1) is 0 Å². The number of hydrogen-bond donors (Lipinski definition) is 3. The molecule has 0 saturated carbocycles. The molecule has 0 fully saturated rings. The highest BCUT2D eigenvalue weighted by Gasteiger charge is 2.32. The standard InChI is InChI=1S/C25H36F3N5O2/c1-7-20(14(2)3)32-24-19(26)13-18(22(29)34)23(33(24)5)31-16-10-8-15(9-11-21(27)28)17(12-16)25(30-4)35-6/h8,10,12-14,20-21,23,31-32H,7,9,11H2,1-6H3,(H2,29,34)/b30-25+/t20-,23?/m1/s1. The topological polar surface area (TPSA) is 92.0 Å². The van der Waals surface area contributed by atoms with Crippen molar-refractivity contribution in [2.45, 2.75) is 58.7 Å². The van der Waals surface area contributed by atoms with Crippen LogP contribution in [-0.2, 0) is 16.0 Å². The van der Waals surface area contributed by atoms with E-state index in [1.807, 2.05) is 20.8 Å². The van der Waals surface area contributed by atoms with Crippen molar-refractivity contribution >= 4 is 17.5 Å². The van der Waals surface area contributed by atoms with Gasteiger partial charge in [0, 0.05) is 37.8 Å². The third-order valence-electron chi connectivity index (χ3n) is 6.07. The van der Waals surface area contributed by atoms with Gasteiger partial charge in [-0.2, -0.15) is 0 Å². The van der Waals surface area contributed by atoms with Gasteiger partial charge in [0.2, 0.25) is 18.2 Å². The Labute approximate surface area is 205 Å². The number of ether oxygens (including phenoxy) is 1. The van der Waals surface area contributed by atoms with Crippen LogP contribution in [0.25, 0.3) is 0 Å². The minimum Gasteiger partial charge on any atom is -0.481 e. The number of alkyl halides is 2. The third kappa shape index (κ3) is 6.93. The summed E-state index contributed by atoms with van der Waals surface area (Å²) in [4.78, 5) is 17.9. The molecule has 1 unspecified atom stereocenters. The number of halogens is 3. The Bertz CT molecular complexity index is 991. The molecule has 0 aromatic heterocycles. The molecule has 2 rings (SSSR count). The van der Waals surface area contributed by atoms with Gasteiger partial charge in [-0.25, -0.2) is 13.2 Å². The Morgan fingerprint density at radius 1 is 1.31 bits per heavy atom. The third-order valence-corrected chi connectivity index (χ3v) is 6.07. The van der Waals surface area contributed by atoms with Gasteiger partial charge in [0.15, 0.2) is 5.83 Å². The average Bonchev–Trinajstić information content (AvgIpc) is 2.80. The highest BCUT2D eigenvalue weighted by atomic mass is 19.3. The largest absolute Gasteiger partial charge is 0.481 e. The Morgan fingerprint density at radius 2 is 2.00 bits per heavy atom. The number of primary amides is 1. The minimum absolute atomic E-state index is 0.0214. The molecule has 7 nitrogen and oxygen atoms in total. The molecule has 35 heavy (non-hydrogen) atoms. The number of nitrogens with one attached hydrogen (secondary N) is 2. The summed E-state index contributed by atoms with van der Waals surface area (Å²) in [6.45, 7) is 6.10. The van der Waals surface area contributed by atoms with Crippen LogP contribution in [0.5, 0.6) is 0 Å². The predicted molar refractivity (Wildman–Crippen MR) is 133 cm³/mol. The van der Waals surface area contributed by atoms with E-state index in [0.717, 1.165) is 12.5 Å². The van der Waals surface area contributed by atoms with E-state index in [1.54, 1.807) is 37.2 Å². The van der Waals surface area contributed by atoms with Crippen molar-refractivity contribution in [2.24, 2.45) is 16.6 Å². The van der Waals surface area contributed by atoms with Crippen LogP contribution in [-0.4, -0.2) is 56.5 Å². The number of nitrogens with two attached hydrogens (primary N) is 1. The quantitative estimate of drug-likeness (QED) is 0.317. The van der Waals surface area contributed by atoms with Gasteiger partial charge in [0.25, 0.3) is 0 Å². The van der Waals surface area contributed by atoms with E-state index in [1.165, 1.54) is 7.11 Å². The maximum Gasteiger partial charge on any atom is 0.248 e. The van der Waals surface area contributed by atoms with Gasteiger partial charge in [0.1, 0.15) is 12.0 Å². The van der Waals surface area contributed by atoms with Crippen LogP contribution >= 0.6 is 0 Å². The molecule has 1 aliphatic heterocycles. The number of aryl methyl sites for hydroxylation is 1. The lowest BCUT2D eigenvalue weighted by Gasteiger charge is -2.39. The zero-order valence-electron chi connectivity index (χ0n) is 21.2. The molecule has 1 amide bonds. The average molecular weight is 496 g/mol. The fourth-order valence-corrected chi connectivity index (χ4v) is 4.08. The zero-order valence-corrected chi connectivity index (χ0v) is 21.2. The Morgan fingerprint density at radius 3 is 2.51 bits per heavy atom. The lowest BCUT2D eigenvalue weighted by atomic mass is 10.00. The van der Waals surface area contributed by atoms with Crippen LogP contribution < -0.4 is 16.4 Å². The number of methoxy groups -OCH3 is 1. The minimum atomic E-state index is -2.44. The predicted octanol–water partition coefficient (Wildman–Crippen LogP) is 4.17. The SMILES string of the molecule is CC[C@@H](NC1=C(F)C=C(C(N)=O)C(Nc2ccc(CCC(F)F)c(/C(=N\C)OC)c2)N1C)C(C)C. The summed E-state index contributed by atoms with van der Waals surface area (Å²) in [6.07, 6.45) is -1.44. The summed E-state index contributed by atoms with van der Waals surface area (Å²) in [5.74, 6) is -0.556. The van der Waals surface area contributed by atoms with E-state index in [0.29, 0.717) is 16.8 Å². The molecule has 0 radical (unpaired) electrons. The molecule has 10 heteroatoms. The zero-order chi connectivity index (χ0) is 26.3. The van der Waals surface area contributed by atoms with Crippen molar-refractivity contribution in [1.82, 2.24) is 10.2 Å². The first-order chi connectivity index (χ1) is 16.5. The fraction of sp³-hybridized carbons (Fsp3) is 0.520. The monoisotopic (exact) mass is 495 g/mol. The summed E-state index contributed by atoms with van der Waals surface area (Å²) < 4.78 is 46.0. The number of rotatable bonds is 11. The molecule has 0 saturated heterocycles. The van der Waals surface area contributed by atoms with Crippen LogP contribution in [0.15, 0.2) is 46.5 Å².